The van der Waals surface area contributed by atoms with Crippen molar-refractivity contribution in [1.82, 2.24) is 0 Å². The van der Waals surface area contributed by atoms with Crippen molar-refractivity contribution >= 4 is 5.78 Å². The van der Waals surface area contributed by atoms with Gasteiger partial charge in [0.15, 0.2) is 0 Å². The third-order valence-corrected chi connectivity index (χ3v) is 1.90. The van der Waals surface area contributed by atoms with Crippen LogP contribution in [0.15, 0.2) is 0 Å². The molecule has 0 aliphatic carbocycles. The maximum Gasteiger partial charge on any atom is 0.133 e. The Morgan fingerprint density at radius 2 is 1.75 bits per heavy atom. The van der Waals surface area contributed by atoms with Crippen LogP contribution >= 0.6 is 0 Å². The lowest BCUT2D eigenvalue weighted by molar-refractivity contribution is -0.119. The first-order valence-electron chi connectivity index (χ1n) is 4.89. The molecule has 0 unspecified atom stereocenters. The van der Waals surface area contributed by atoms with E-state index in [1.54, 1.807) is 0 Å². The maximum atomic E-state index is 11.6. The van der Waals surface area contributed by atoms with E-state index in [1.807, 2.05) is 0 Å². The number of hydrogen-bond acceptors (Lipinski definition) is 1. The van der Waals surface area contributed by atoms with Crippen molar-refractivity contribution < 1.29 is 9.18 Å². The van der Waals surface area contributed by atoms with Gasteiger partial charge in [-0.2, -0.15) is 0 Å². The van der Waals surface area contributed by atoms with Crippen molar-refractivity contribution in [1.29, 1.82) is 0 Å². The highest BCUT2D eigenvalue weighted by molar-refractivity contribution is 5.78. The lowest BCUT2D eigenvalue weighted by atomic mass is 10.1. The molecular formula is C10H19FO. The summed E-state index contributed by atoms with van der Waals surface area (Å²) in [4.78, 5) is 11.0. The first-order valence-corrected chi connectivity index (χ1v) is 4.89. The van der Waals surface area contributed by atoms with Gasteiger partial charge < -0.3 is 0 Å². The van der Waals surface area contributed by atoms with Crippen molar-refractivity contribution in [2.75, 3.05) is 6.67 Å². The fourth-order valence-electron chi connectivity index (χ4n) is 1.14. The molecule has 0 aliphatic heterocycles. The predicted octanol–water partition coefficient (Wildman–Crippen LogP) is 3.28. The first-order chi connectivity index (χ1) is 5.81. The third kappa shape index (κ3) is 7.70. The minimum atomic E-state index is -0.360. The summed E-state index contributed by atoms with van der Waals surface area (Å²) in [5.74, 6) is 0.226. The Morgan fingerprint density at radius 3 is 2.33 bits per heavy atom. The van der Waals surface area contributed by atoms with Crippen molar-refractivity contribution in [3.05, 3.63) is 0 Å². The largest absolute Gasteiger partial charge is 0.300 e. The summed E-state index contributed by atoms with van der Waals surface area (Å²) in [5, 5.41) is 0. The quantitative estimate of drug-likeness (QED) is 0.516. The number of unbranched alkanes of at least 4 members (excludes halogenated alkanes) is 3. The molecule has 0 aromatic heterocycles. The molecule has 0 rings (SSSR count). The second kappa shape index (κ2) is 8.69. The average molecular weight is 174 g/mol. The third-order valence-electron chi connectivity index (χ3n) is 1.90. The molecule has 0 spiro atoms. The van der Waals surface area contributed by atoms with Gasteiger partial charge in [-0.15, -0.1) is 0 Å². The van der Waals surface area contributed by atoms with Crippen molar-refractivity contribution in [3.8, 4) is 0 Å². The lowest BCUT2D eigenvalue weighted by Gasteiger charge is -1.98. The number of ketones is 1. The monoisotopic (exact) mass is 174 g/mol. The Bertz CT molecular complexity index is 112. The van der Waals surface area contributed by atoms with Crippen LogP contribution in [0.1, 0.15) is 51.9 Å². The Hall–Kier alpha value is -0.400. The molecule has 0 N–H and O–H groups in total. The summed E-state index contributed by atoms with van der Waals surface area (Å²) in [6, 6.07) is 0. The number of hydrogen-bond donors (Lipinski definition) is 0. The molecule has 2 heteroatoms. The first kappa shape index (κ1) is 11.6. The normalized spacial score (nSPS) is 10.2. The second-order valence-corrected chi connectivity index (χ2v) is 3.14. The Labute approximate surface area is 74.4 Å². The number of Topliss-reactive ketones (excluding diaryl/α,β-unsaturated/α-hetero) is 1. The zero-order valence-electron chi connectivity index (χ0n) is 7.94. The summed E-state index contributed by atoms with van der Waals surface area (Å²) >= 11 is 0. The van der Waals surface area contributed by atoms with Crippen LogP contribution in [0.3, 0.4) is 0 Å². The molecule has 0 saturated heterocycles. The van der Waals surface area contributed by atoms with Gasteiger partial charge >= 0.3 is 0 Å². The zero-order valence-corrected chi connectivity index (χ0v) is 7.94. The number of rotatable bonds is 8. The van der Waals surface area contributed by atoms with Gasteiger partial charge in [-0.1, -0.05) is 26.2 Å². The van der Waals surface area contributed by atoms with E-state index in [-0.39, 0.29) is 12.5 Å². The summed E-state index contributed by atoms with van der Waals surface area (Å²) in [7, 11) is 0. The second-order valence-electron chi connectivity index (χ2n) is 3.14. The minimum Gasteiger partial charge on any atom is -0.300 e. The van der Waals surface area contributed by atoms with E-state index >= 15 is 0 Å². The van der Waals surface area contributed by atoms with Crippen LogP contribution < -0.4 is 0 Å². The van der Waals surface area contributed by atoms with Crippen LogP contribution in [-0.2, 0) is 4.79 Å². The summed E-state index contributed by atoms with van der Waals surface area (Å²) in [6.45, 7) is 1.78. The van der Waals surface area contributed by atoms with Gasteiger partial charge in [0.1, 0.15) is 5.78 Å². The minimum absolute atomic E-state index is 0.226. The van der Waals surface area contributed by atoms with Crippen molar-refractivity contribution in [3.63, 3.8) is 0 Å². The molecule has 72 valence electrons. The van der Waals surface area contributed by atoms with Gasteiger partial charge in [0.2, 0.25) is 0 Å². The molecule has 0 aliphatic rings. The highest BCUT2D eigenvalue weighted by Crippen LogP contribution is 2.05. The summed E-state index contributed by atoms with van der Waals surface area (Å²) in [5.41, 5.74) is 0. The Morgan fingerprint density at radius 1 is 1.08 bits per heavy atom. The van der Waals surface area contributed by atoms with E-state index in [0.717, 1.165) is 12.8 Å². The van der Waals surface area contributed by atoms with Crippen LogP contribution in [0.5, 0.6) is 0 Å². The smallest absolute Gasteiger partial charge is 0.133 e. The molecule has 0 fully saturated rings. The van der Waals surface area contributed by atoms with Gasteiger partial charge in [0.25, 0.3) is 0 Å². The van der Waals surface area contributed by atoms with E-state index in [1.165, 1.54) is 12.8 Å². The zero-order chi connectivity index (χ0) is 9.23. The maximum absolute atomic E-state index is 11.6. The Kier molecular flexibility index (Phi) is 8.40. The summed E-state index contributed by atoms with van der Waals surface area (Å²) in [6.07, 6.45) is 6.02. The van der Waals surface area contributed by atoms with E-state index in [4.69, 9.17) is 0 Å². The number of carbonyl (C=O) groups is 1. The molecule has 12 heavy (non-hydrogen) atoms. The number of carbonyl (C=O) groups excluding carboxylic acids is 1. The fraction of sp³-hybridized carbons (Fsp3) is 0.900. The molecule has 0 aromatic rings. The van der Waals surface area contributed by atoms with Crippen molar-refractivity contribution in [2.24, 2.45) is 0 Å². The highest BCUT2D eigenvalue weighted by Gasteiger charge is 2.00. The molecule has 0 radical (unpaired) electrons. The van der Waals surface area contributed by atoms with Crippen LogP contribution in [-0.4, -0.2) is 12.5 Å². The van der Waals surface area contributed by atoms with E-state index < -0.39 is 0 Å². The SMILES string of the molecule is CCCCCCC(=O)CCCF. The molecule has 1 nitrogen and oxygen atoms in total. The standard InChI is InChI=1S/C10H19FO/c1-2-3-4-5-7-10(12)8-6-9-11/h2-9H2,1H3. The van der Waals surface area contributed by atoms with Crippen LogP contribution in [0.2, 0.25) is 0 Å². The number of halogens is 1. The van der Waals surface area contributed by atoms with Gasteiger partial charge in [-0.3, -0.25) is 9.18 Å². The predicted molar refractivity (Wildman–Crippen MR) is 49.0 cm³/mol. The van der Waals surface area contributed by atoms with Crippen LogP contribution in [0, 0.1) is 0 Å². The van der Waals surface area contributed by atoms with E-state index in [2.05, 4.69) is 6.92 Å². The molecule has 0 amide bonds. The van der Waals surface area contributed by atoms with Gasteiger partial charge in [0, 0.05) is 12.8 Å². The van der Waals surface area contributed by atoms with Crippen LogP contribution in [0.25, 0.3) is 0 Å². The molecule has 0 saturated carbocycles. The highest BCUT2D eigenvalue weighted by atomic mass is 19.1. The average Bonchev–Trinajstić information content (AvgIpc) is 2.09. The topological polar surface area (TPSA) is 17.1 Å². The van der Waals surface area contributed by atoms with Crippen molar-refractivity contribution in [2.45, 2.75) is 51.9 Å². The Balaban J connectivity index is 3.08. The lowest BCUT2D eigenvalue weighted by Crippen LogP contribution is -1.97. The van der Waals surface area contributed by atoms with E-state index in [0.29, 0.717) is 19.3 Å². The molecule has 0 aromatic carbocycles. The van der Waals surface area contributed by atoms with Gasteiger partial charge in [-0.25, -0.2) is 0 Å². The number of alkyl halides is 1. The molecular weight excluding hydrogens is 155 g/mol. The van der Waals surface area contributed by atoms with Gasteiger partial charge in [-0.05, 0) is 12.8 Å². The summed E-state index contributed by atoms with van der Waals surface area (Å²) < 4.78 is 11.6. The van der Waals surface area contributed by atoms with Gasteiger partial charge in [0.05, 0.1) is 6.67 Å². The van der Waals surface area contributed by atoms with E-state index in [9.17, 15) is 9.18 Å². The molecule has 0 heterocycles. The molecule has 0 atom stereocenters. The molecule has 0 bridgehead atoms. The fourth-order valence-corrected chi connectivity index (χ4v) is 1.14. The van der Waals surface area contributed by atoms with Crippen LogP contribution in [0.4, 0.5) is 4.39 Å².